The molecule has 0 aliphatic heterocycles. The summed E-state index contributed by atoms with van der Waals surface area (Å²) in [6.07, 6.45) is 1.12. The molecular weight excluding hydrogens is 156 g/mol. The van der Waals surface area contributed by atoms with Crippen molar-refractivity contribution < 1.29 is 0 Å². The standard InChI is InChI=1S/C10H13Cl/c1-2-9(8-11)10-6-4-3-5-7-10/h3-7,9H,2,8H2,1H3/t9-/m0/s1. The van der Waals surface area contributed by atoms with Gasteiger partial charge in [-0.05, 0) is 17.9 Å². The second kappa shape index (κ2) is 4.40. The molecule has 0 fully saturated rings. The third-order valence-corrected chi connectivity index (χ3v) is 2.32. The molecule has 0 unspecified atom stereocenters. The van der Waals surface area contributed by atoms with Crippen LogP contribution in [0.25, 0.3) is 0 Å². The lowest BCUT2D eigenvalue weighted by Gasteiger charge is -2.10. The van der Waals surface area contributed by atoms with Crippen molar-refractivity contribution in [1.82, 2.24) is 0 Å². The smallest absolute Gasteiger partial charge is 0.0292 e. The Balaban J connectivity index is 2.74. The van der Waals surface area contributed by atoms with E-state index in [0.29, 0.717) is 5.92 Å². The summed E-state index contributed by atoms with van der Waals surface area (Å²) in [4.78, 5) is 0. The van der Waals surface area contributed by atoms with E-state index in [-0.39, 0.29) is 0 Å². The molecule has 1 rings (SSSR count). The maximum absolute atomic E-state index is 5.80. The Hall–Kier alpha value is -0.490. The summed E-state index contributed by atoms with van der Waals surface area (Å²) in [5.41, 5.74) is 1.35. The van der Waals surface area contributed by atoms with Crippen LogP contribution < -0.4 is 0 Å². The van der Waals surface area contributed by atoms with Crippen LogP contribution in [0.15, 0.2) is 30.3 Å². The molecule has 0 bridgehead atoms. The van der Waals surface area contributed by atoms with Crippen LogP contribution in [0, 0.1) is 0 Å². The van der Waals surface area contributed by atoms with Gasteiger partial charge in [0, 0.05) is 5.88 Å². The second-order valence-corrected chi connectivity index (χ2v) is 2.98. The molecule has 1 atom stereocenters. The predicted octanol–water partition coefficient (Wildman–Crippen LogP) is 3.42. The van der Waals surface area contributed by atoms with Crippen LogP contribution in [0.2, 0.25) is 0 Å². The van der Waals surface area contributed by atoms with Gasteiger partial charge in [0.1, 0.15) is 0 Å². The van der Waals surface area contributed by atoms with E-state index in [1.54, 1.807) is 0 Å². The van der Waals surface area contributed by atoms with Crippen molar-refractivity contribution in [2.75, 3.05) is 5.88 Å². The molecule has 0 saturated carbocycles. The lowest BCUT2D eigenvalue weighted by atomic mass is 9.99. The summed E-state index contributed by atoms with van der Waals surface area (Å²) in [6.45, 7) is 2.17. The monoisotopic (exact) mass is 168 g/mol. The summed E-state index contributed by atoms with van der Waals surface area (Å²) in [7, 11) is 0. The van der Waals surface area contributed by atoms with Crippen molar-refractivity contribution in [2.24, 2.45) is 0 Å². The molecule has 0 amide bonds. The summed E-state index contributed by atoms with van der Waals surface area (Å²) in [5.74, 6) is 1.25. The third kappa shape index (κ3) is 2.23. The van der Waals surface area contributed by atoms with Crippen molar-refractivity contribution in [2.45, 2.75) is 19.3 Å². The van der Waals surface area contributed by atoms with E-state index in [9.17, 15) is 0 Å². The zero-order valence-corrected chi connectivity index (χ0v) is 7.51. The molecule has 11 heavy (non-hydrogen) atoms. The Morgan fingerprint density at radius 2 is 1.91 bits per heavy atom. The van der Waals surface area contributed by atoms with Crippen LogP contribution >= 0.6 is 11.6 Å². The van der Waals surface area contributed by atoms with Gasteiger partial charge in [-0.15, -0.1) is 11.6 Å². The minimum Gasteiger partial charge on any atom is -0.126 e. The molecule has 1 aromatic rings. The highest BCUT2D eigenvalue weighted by atomic mass is 35.5. The Morgan fingerprint density at radius 3 is 2.36 bits per heavy atom. The van der Waals surface area contributed by atoms with E-state index in [4.69, 9.17) is 11.6 Å². The van der Waals surface area contributed by atoms with Gasteiger partial charge < -0.3 is 0 Å². The van der Waals surface area contributed by atoms with E-state index in [1.807, 2.05) is 6.07 Å². The fraction of sp³-hybridized carbons (Fsp3) is 0.400. The maximum Gasteiger partial charge on any atom is 0.0292 e. The topological polar surface area (TPSA) is 0 Å². The minimum absolute atomic E-state index is 0.526. The van der Waals surface area contributed by atoms with E-state index in [1.165, 1.54) is 5.56 Å². The molecule has 0 saturated heterocycles. The third-order valence-electron chi connectivity index (χ3n) is 1.95. The van der Waals surface area contributed by atoms with E-state index in [2.05, 4.69) is 31.2 Å². The highest BCUT2D eigenvalue weighted by Gasteiger charge is 2.05. The first-order chi connectivity index (χ1) is 5.38. The molecule has 0 nitrogen and oxygen atoms in total. The largest absolute Gasteiger partial charge is 0.126 e. The van der Waals surface area contributed by atoms with Gasteiger partial charge in [0.2, 0.25) is 0 Å². The van der Waals surface area contributed by atoms with E-state index >= 15 is 0 Å². The van der Waals surface area contributed by atoms with Gasteiger partial charge in [-0.25, -0.2) is 0 Å². The average Bonchev–Trinajstić information content (AvgIpc) is 2.09. The zero-order valence-electron chi connectivity index (χ0n) is 6.76. The fourth-order valence-electron chi connectivity index (χ4n) is 1.16. The molecule has 60 valence electrons. The highest BCUT2D eigenvalue weighted by molar-refractivity contribution is 6.18. The number of hydrogen-bond donors (Lipinski definition) is 0. The Labute approximate surface area is 73.2 Å². The Bertz CT molecular complexity index is 189. The number of halogens is 1. The molecule has 0 spiro atoms. The maximum atomic E-state index is 5.80. The first kappa shape index (κ1) is 8.61. The van der Waals surface area contributed by atoms with E-state index < -0.39 is 0 Å². The number of hydrogen-bond acceptors (Lipinski definition) is 0. The fourth-order valence-corrected chi connectivity index (χ4v) is 1.56. The molecular formula is C10H13Cl. The molecule has 0 aromatic heterocycles. The quantitative estimate of drug-likeness (QED) is 0.607. The number of alkyl halides is 1. The molecule has 0 heterocycles. The van der Waals surface area contributed by atoms with Crippen LogP contribution in [-0.4, -0.2) is 5.88 Å². The van der Waals surface area contributed by atoms with Crippen LogP contribution in [0.3, 0.4) is 0 Å². The van der Waals surface area contributed by atoms with Gasteiger partial charge in [-0.1, -0.05) is 37.3 Å². The minimum atomic E-state index is 0.526. The summed E-state index contributed by atoms with van der Waals surface area (Å²) < 4.78 is 0. The predicted molar refractivity (Wildman–Crippen MR) is 50.2 cm³/mol. The lowest BCUT2D eigenvalue weighted by Crippen LogP contribution is -1.97. The van der Waals surface area contributed by atoms with Crippen molar-refractivity contribution in [1.29, 1.82) is 0 Å². The molecule has 0 aliphatic rings. The van der Waals surface area contributed by atoms with Gasteiger partial charge in [0.25, 0.3) is 0 Å². The normalized spacial score (nSPS) is 12.9. The Kier molecular flexibility index (Phi) is 3.44. The molecule has 0 radical (unpaired) electrons. The van der Waals surface area contributed by atoms with Crippen molar-refractivity contribution in [3.63, 3.8) is 0 Å². The summed E-state index contributed by atoms with van der Waals surface area (Å²) in [6, 6.07) is 10.4. The van der Waals surface area contributed by atoms with Crippen LogP contribution in [0.5, 0.6) is 0 Å². The highest BCUT2D eigenvalue weighted by Crippen LogP contribution is 2.19. The SMILES string of the molecule is CC[C@@H](CCl)c1ccccc1. The number of benzene rings is 1. The first-order valence-electron chi connectivity index (χ1n) is 3.99. The van der Waals surface area contributed by atoms with Crippen molar-refractivity contribution >= 4 is 11.6 Å². The molecule has 0 aliphatic carbocycles. The summed E-state index contributed by atoms with van der Waals surface area (Å²) in [5, 5.41) is 0. The lowest BCUT2D eigenvalue weighted by molar-refractivity contribution is 0.740. The van der Waals surface area contributed by atoms with Gasteiger partial charge in [-0.3, -0.25) is 0 Å². The Morgan fingerprint density at radius 1 is 1.27 bits per heavy atom. The molecule has 1 aromatic carbocycles. The van der Waals surface area contributed by atoms with Gasteiger partial charge in [-0.2, -0.15) is 0 Å². The van der Waals surface area contributed by atoms with Gasteiger partial charge >= 0.3 is 0 Å². The first-order valence-corrected chi connectivity index (χ1v) is 4.52. The van der Waals surface area contributed by atoms with Crippen LogP contribution in [0.1, 0.15) is 24.8 Å². The van der Waals surface area contributed by atoms with Crippen molar-refractivity contribution in [3.8, 4) is 0 Å². The van der Waals surface area contributed by atoms with E-state index in [0.717, 1.165) is 12.3 Å². The van der Waals surface area contributed by atoms with Crippen LogP contribution in [-0.2, 0) is 0 Å². The van der Waals surface area contributed by atoms with Gasteiger partial charge in [0.15, 0.2) is 0 Å². The molecule has 0 N–H and O–H groups in total. The second-order valence-electron chi connectivity index (χ2n) is 2.67. The summed E-state index contributed by atoms with van der Waals surface area (Å²) >= 11 is 5.80. The van der Waals surface area contributed by atoms with Gasteiger partial charge in [0.05, 0.1) is 0 Å². The molecule has 1 heteroatoms. The van der Waals surface area contributed by atoms with Crippen molar-refractivity contribution in [3.05, 3.63) is 35.9 Å². The number of rotatable bonds is 3. The zero-order chi connectivity index (χ0) is 8.10. The van der Waals surface area contributed by atoms with Crippen LogP contribution in [0.4, 0.5) is 0 Å². The average molecular weight is 169 g/mol.